The van der Waals surface area contributed by atoms with Gasteiger partial charge in [-0.15, -0.1) is 32.9 Å². The zero-order valence-electron chi connectivity index (χ0n) is 14.5. The number of aromatic nitrogens is 4. The molecule has 0 bridgehead atoms. The second-order valence-corrected chi connectivity index (χ2v) is 8.29. The smallest absolute Gasteiger partial charge is 0.210 e. The third kappa shape index (κ3) is 4.00. The van der Waals surface area contributed by atoms with Gasteiger partial charge in [-0.25, -0.2) is 9.66 Å². The van der Waals surface area contributed by atoms with E-state index in [4.69, 9.17) is 15.6 Å². The first kappa shape index (κ1) is 18.0. The van der Waals surface area contributed by atoms with Gasteiger partial charge >= 0.3 is 0 Å². The van der Waals surface area contributed by atoms with Gasteiger partial charge in [0, 0.05) is 16.7 Å². The number of thioether (sulfide) groups is 1. The van der Waals surface area contributed by atoms with E-state index in [1.807, 2.05) is 48.7 Å². The van der Waals surface area contributed by atoms with Crippen LogP contribution in [0.25, 0.3) is 21.3 Å². The molecule has 9 heteroatoms. The standard InChI is InChI=1S/C18H17N5OS3/c1-2-24-14-7-5-12(6-8-14)17-20-13(10-26-17)11-27-18-22-21-16(23(18)19)15-4-3-9-25-15/h3-10H,2,11,19H2,1H3. The Bertz CT molecular complexity index is 1010. The van der Waals surface area contributed by atoms with E-state index in [1.165, 1.54) is 16.4 Å². The minimum Gasteiger partial charge on any atom is -0.494 e. The first-order valence-corrected chi connectivity index (χ1v) is 11.0. The van der Waals surface area contributed by atoms with Gasteiger partial charge in [0.05, 0.1) is 17.2 Å². The molecule has 0 atom stereocenters. The first-order valence-electron chi connectivity index (χ1n) is 8.29. The number of benzene rings is 1. The summed E-state index contributed by atoms with van der Waals surface area (Å²) in [5.41, 5.74) is 2.08. The summed E-state index contributed by atoms with van der Waals surface area (Å²) in [7, 11) is 0. The number of rotatable bonds is 7. The van der Waals surface area contributed by atoms with Crippen LogP contribution in [-0.2, 0) is 5.75 Å². The molecule has 0 radical (unpaired) electrons. The average Bonchev–Trinajstić information content (AvgIpc) is 3.42. The quantitative estimate of drug-likeness (QED) is 0.353. The van der Waals surface area contributed by atoms with E-state index in [1.54, 1.807) is 22.7 Å². The molecule has 1 aromatic carbocycles. The fourth-order valence-corrected chi connectivity index (χ4v) is 4.84. The number of thiophene rings is 1. The molecule has 138 valence electrons. The number of nitrogen functional groups attached to an aromatic ring is 1. The molecule has 3 aromatic heterocycles. The van der Waals surface area contributed by atoms with Crippen LogP contribution in [0.5, 0.6) is 5.75 Å². The van der Waals surface area contributed by atoms with E-state index in [2.05, 4.69) is 15.6 Å². The molecule has 4 rings (SSSR count). The van der Waals surface area contributed by atoms with Crippen LogP contribution in [0.1, 0.15) is 12.6 Å². The van der Waals surface area contributed by atoms with Gasteiger partial charge in [0.1, 0.15) is 10.8 Å². The van der Waals surface area contributed by atoms with E-state index in [9.17, 15) is 0 Å². The van der Waals surface area contributed by atoms with Crippen LogP contribution in [0, 0.1) is 0 Å². The Balaban J connectivity index is 1.43. The molecule has 2 N–H and O–H groups in total. The minimum atomic E-state index is 0.665. The van der Waals surface area contributed by atoms with Crippen LogP contribution in [0.3, 0.4) is 0 Å². The number of thiazole rings is 1. The largest absolute Gasteiger partial charge is 0.494 e. The van der Waals surface area contributed by atoms with Crippen molar-refractivity contribution in [2.75, 3.05) is 12.4 Å². The second kappa shape index (κ2) is 8.12. The van der Waals surface area contributed by atoms with Gasteiger partial charge in [-0.3, -0.25) is 0 Å². The zero-order chi connectivity index (χ0) is 18.6. The molecule has 0 aliphatic carbocycles. The molecule has 0 spiro atoms. The number of nitrogens with zero attached hydrogens (tertiary/aromatic N) is 4. The Morgan fingerprint density at radius 1 is 1.15 bits per heavy atom. The lowest BCUT2D eigenvalue weighted by Gasteiger charge is -2.03. The lowest BCUT2D eigenvalue weighted by molar-refractivity contribution is 0.340. The Morgan fingerprint density at radius 2 is 2.00 bits per heavy atom. The van der Waals surface area contributed by atoms with Crippen LogP contribution in [0.15, 0.2) is 52.3 Å². The molecule has 3 heterocycles. The predicted octanol–water partition coefficient (Wildman–Crippen LogP) is 4.53. The summed E-state index contributed by atoms with van der Waals surface area (Å²) in [6.45, 7) is 2.64. The lowest BCUT2D eigenvalue weighted by atomic mass is 10.2. The van der Waals surface area contributed by atoms with Crippen molar-refractivity contribution in [3.8, 4) is 27.0 Å². The lowest BCUT2D eigenvalue weighted by Crippen LogP contribution is -2.11. The highest BCUT2D eigenvalue weighted by Gasteiger charge is 2.14. The summed E-state index contributed by atoms with van der Waals surface area (Å²) in [5, 5.41) is 14.1. The Morgan fingerprint density at radius 3 is 2.74 bits per heavy atom. The predicted molar refractivity (Wildman–Crippen MR) is 112 cm³/mol. The van der Waals surface area contributed by atoms with Crippen molar-refractivity contribution >= 4 is 34.4 Å². The van der Waals surface area contributed by atoms with Gasteiger partial charge < -0.3 is 10.6 Å². The number of hydrogen-bond donors (Lipinski definition) is 1. The van der Waals surface area contributed by atoms with Crippen molar-refractivity contribution in [3.05, 3.63) is 52.9 Å². The van der Waals surface area contributed by atoms with E-state index in [0.29, 0.717) is 23.3 Å². The van der Waals surface area contributed by atoms with Gasteiger partial charge in [0.2, 0.25) is 5.16 Å². The highest BCUT2D eigenvalue weighted by molar-refractivity contribution is 7.98. The molecular weight excluding hydrogens is 398 g/mol. The van der Waals surface area contributed by atoms with Crippen LogP contribution in [0.2, 0.25) is 0 Å². The Labute approximate surface area is 169 Å². The van der Waals surface area contributed by atoms with Crippen molar-refractivity contribution in [3.63, 3.8) is 0 Å². The minimum absolute atomic E-state index is 0.665. The van der Waals surface area contributed by atoms with Crippen molar-refractivity contribution < 1.29 is 4.74 Å². The summed E-state index contributed by atoms with van der Waals surface area (Å²) in [6.07, 6.45) is 0. The summed E-state index contributed by atoms with van der Waals surface area (Å²) in [4.78, 5) is 5.72. The molecule has 0 aliphatic rings. The summed E-state index contributed by atoms with van der Waals surface area (Å²) < 4.78 is 7.02. The average molecular weight is 416 g/mol. The van der Waals surface area contributed by atoms with Gasteiger partial charge in [-0.05, 0) is 42.6 Å². The maximum atomic E-state index is 6.14. The maximum absolute atomic E-state index is 6.14. The monoisotopic (exact) mass is 415 g/mol. The van der Waals surface area contributed by atoms with E-state index < -0.39 is 0 Å². The summed E-state index contributed by atoms with van der Waals surface area (Å²) in [5.74, 6) is 8.38. The topological polar surface area (TPSA) is 78.9 Å². The van der Waals surface area contributed by atoms with Gasteiger partial charge in [-0.1, -0.05) is 17.8 Å². The van der Waals surface area contributed by atoms with Gasteiger partial charge in [-0.2, -0.15) is 0 Å². The third-order valence-corrected chi connectivity index (χ3v) is 6.50. The molecular formula is C18H17N5OS3. The molecule has 6 nitrogen and oxygen atoms in total. The molecule has 0 fully saturated rings. The third-order valence-electron chi connectivity index (χ3n) is 3.72. The number of ether oxygens (including phenoxy) is 1. The molecule has 27 heavy (non-hydrogen) atoms. The van der Waals surface area contributed by atoms with E-state index >= 15 is 0 Å². The first-order chi connectivity index (χ1) is 13.2. The summed E-state index contributed by atoms with van der Waals surface area (Å²) >= 11 is 4.75. The zero-order valence-corrected chi connectivity index (χ0v) is 17.0. The van der Waals surface area contributed by atoms with Crippen LogP contribution < -0.4 is 10.6 Å². The van der Waals surface area contributed by atoms with Gasteiger partial charge in [0.25, 0.3) is 0 Å². The summed E-state index contributed by atoms with van der Waals surface area (Å²) in [6, 6.07) is 12.0. The molecule has 0 saturated carbocycles. The molecule has 0 aliphatic heterocycles. The highest BCUT2D eigenvalue weighted by atomic mass is 32.2. The maximum Gasteiger partial charge on any atom is 0.210 e. The molecule has 4 aromatic rings. The van der Waals surface area contributed by atoms with Crippen molar-refractivity contribution in [1.82, 2.24) is 19.9 Å². The van der Waals surface area contributed by atoms with Crippen LogP contribution in [0.4, 0.5) is 0 Å². The van der Waals surface area contributed by atoms with Gasteiger partial charge in [0.15, 0.2) is 5.82 Å². The fraction of sp³-hybridized carbons (Fsp3) is 0.167. The Hall–Kier alpha value is -2.36. The normalized spacial score (nSPS) is 11.0. The molecule has 0 unspecified atom stereocenters. The van der Waals surface area contributed by atoms with E-state index in [-0.39, 0.29) is 0 Å². The highest BCUT2D eigenvalue weighted by Crippen LogP contribution is 2.30. The molecule has 0 saturated heterocycles. The van der Waals surface area contributed by atoms with E-state index in [0.717, 1.165) is 26.9 Å². The van der Waals surface area contributed by atoms with Crippen molar-refractivity contribution in [2.24, 2.45) is 0 Å². The van der Waals surface area contributed by atoms with Crippen molar-refractivity contribution in [2.45, 2.75) is 17.8 Å². The fourth-order valence-electron chi connectivity index (χ4n) is 2.45. The van der Waals surface area contributed by atoms with Crippen LogP contribution in [-0.4, -0.2) is 26.5 Å². The van der Waals surface area contributed by atoms with Crippen molar-refractivity contribution in [1.29, 1.82) is 0 Å². The Kier molecular flexibility index (Phi) is 5.42. The second-order valence-electron chi connectivity index (χ2n) is 5.54. The molecule has 0 amide bonds. The van der Waals surface area contributed by atoms with Crippen LogP contribution >= 0.6 is 34.4 Å². The number of nitrogens with two attached hydrogens (primary N) is 1. The SMILES string of the molecule is CCOc1ccc(-c2nc(CSc3nnc(-c4cccs4)n3N)cs2)cc1. The number of hydrogen-bond acceptors (Lipinski definition) is 8.